The van der Waals surface area contributed by atoms with Gasteiger partial charge in [0.25, 0.3) is 0 Å². The van der Waals surface area contributed by atoms with Crippen molar-refractivity contribution >= 4 is 29.5 Å². The van der Waals surface area contributed by atoms with Gasteiger partial charge in [-0.3, -0.25) is 14.4 Å². The zero-order chi connectivity index (χ0) is 21.0. The lowest BCUT2D eigenvalue weighted by atomic mass is 9.66. The minimum Gasteiger partial charge on any atom is -0.481 e. The third-order valence-electron chi connectivity index (χ3n) is 6.49. The highest BCUT2D eigenvalue weighted by atomic mass is 32.2. The fraction of sp³-hybridized carbons (Fsp3) is 0.750. The predicted molar refractivity (Wildman–Crippen MR) is 107 cm³/mol. The van der Waals surface area contributed by atoms with E-state index in [0.29, 0.717) is 13.0 Å². The molecule has 156 valence electrons. The SMILES string of the molecule is C=CCN(C(=O)C1N(CCO)C(=O)[C@@H]2[C@H](C(=O)O)[C@@H]3CC(C)C12S3)C(C)(C)C. The number of carbonyl (C=O) groups is 3. The van der Waals surface area contributed by atoms with E-state index in [9.17, 15) is 24.6 Å². The third kappa shape index (κ3) is 2.79. The van der Waals surface area contributed by atoms with Crippen molar-refractivity contribution in [2.75, 3.05) is 19.7 Å². The largest absolute Gasteiger partial charge is 0.481 e. The first-order chi connectivity index (χ1) is 13.0. The minimum atomic E-state index is -0.972. The van der Waals surface area contributed by atoms with Gasteiger partial charge in [0.2, 0.25) is 11.8 Å². The molecular weight excluding hydrogens is 380 g/mol. The van der Waals surface area contributed by atoms with Crippen LogP contribution in [0.4, 0.5) is 0 Å². The maximum absolute atomic E-state index is 13.8. The van der Waals surface area contributed by atoms with Gasteiger partial charge in [0.1, 0.15) is 6.04 Å². The summed E-state index contributed by atoms with van der Waals surface area (Å²) in [4.78, 5) is 42.2. The lowest BCUT2D eigenvalue weighted by Crippen LogP contribution is -2.60. The molecule has 0 aromatic heterocycles. The average Bonchev–Trinajstić information content (AvgIpc) is 3.16. The molecule has 2 bridgehead atoms. The van der Waals surface area contributed by atoms with E-state index in [4.69, 9.17) is 0 Å². The summed E-state index contributed by atoms with van der Waals surface area (Å²) in [5, 5.41) is 19.2. The number of thioether (sulfide) groups is 1. The van der Waals surface area contributed by atoms with Crippen LogP contribution in [0, 0.1) is 17.8 Å². The molecule has 3 unspecified atom stereocenters. The lowest BCUT2D eigenvalue weighted by molar-refractivity contribution is -0.149. The molecule has 8 heteroatoms. The number of hydrogen-bond acceptors (Lipinski definition) is 5. The molecule has 0 aliphatic carbocycles. The number of amides is 2. The van der Waals surface area contributed by atoms with E-state index >= 15 is 0 Å². The van der Waals surface area contributed by atoms with E-state index < -0.39 is 34.1 Å². The number of fused-ring (bicyclic) bond motifs is 1. The Morgan fingerprint density at radius 3 is 2.57 bits per heavy atom. The summed E-state index contributed by atoms with van der Waals surface area (Å²) >= 11 is 1.51. The number of aliphatic carboxylic acids is 1. The summed E-state index contributed by atoms with van der Waals surface area (Å²) in [6.07, 6.45) is 2.34. The highest BCUT2D eigenvalue weighted by Gasteiger charge is 2.76. The van der Waals surface area contributed by atoms with Gasteiger partial charge in [0.05, 0.1) is 23.2 Å². The molecule has 3 heterocycles. The van der Waals surface area contributed by atoms with Crippen LogP contribution in [0.2, 0.25) is 0 Å². The number of carbonyl (C=O) groups excluding carboxylic acids is 2. The van der Waals surface area contributed by atoms with E-state index in [1.807, 2.05) is 27.7 Å². The molecule has 1 spiro atoms. The number of aliphatic hydroxyl groups is 1. The van der Waals surface area contributed by atoms with Crippen molar-refractivity contribution in [2.45, 2.75) is 55.7 Å². The minimum absolute atomic E-state index is 0.0316. The van der Waals surface area contributed by atoms with Gasteiger partial charge in [-0.05, 0) is 33.1 Å². The van der Waals surface area contributed by atoms with Crippen molar-refractivity contribution in [3.8, 4) is 0 Å². The number of likely N-dealkylation sites (tertiary alicyclic amines) is 1. The van der Waals surface area contributed by atoms with Crippen LogP contribution in [0.3, 0.4) is 0 Å². The Morgan fingerprint density at radius 1 is 1.43 bits per heavy atom. The molecule has 0 aromatic rings. The van der Waals surface area contributed by atoms with E-state index in [1.54, 1.807) is 11.0 Å². The van der Waals surface area contributed by atoms with Crippen molar-refractivity contribution in [3.63, 3.8) is 0 Å². The third-order valence-corrected chi connectivity index (χ3v) is 8.57. The molecular formula is C20H30N2O5S. The topological polar surface area (TPSA) is 98.2 Å². The van der Waals surface area contributed by atoms with Crippen LogP contribution >= 0.6 is 11.8 Å². The summed E-state index contributed by atoms with van der Waals surface area (Å²) in [5.74, 6) is -2.95. The van der Waals surface area contributed by atoms with Crippen LogP contribution in [0.15, 0.2) is 12.7 Å². The fourth-order valence-corrected chi connectivity index (χ4v) is 7.81. The van der Waals surface area contributed by atoms with E-state index in [-0.39, 0.29) is 36.1 Å². The molecule has 7 nitrogen and oxygen atoms in total. The van der Waals surface area contributed by atoms with Gasteiger partial charge in [0.15, 0.2) is 0 Å². The molecule has 0 aromatic carbocycles. The average molecular weight is 411 g/mol. The van der Waals surface area contributed by atoms with Crippen LogP contribution in [-0.4, -0.2) is 79.1 Å². The molecule has 6 atom stereocenters. The van der Waals surface area contributed by atoms with Gasteiger partial charge in [-0.1, -0.05) is 13.0 Å². The van der Waals surface area contributed by atoms with Crippen LogP contribution in [-0.2, 0) is 14.4 Å². The van der Waals surface area contributed by atoms with Crippen molar-refractivity contribution in [3.05, 3.63) is 12.7 Å². The molecule has 28 heavy (non-hydrogen) atoms. The Hall–Kier alpha value is -1.54. The van der Waals surface area contributed by atoms with Gasteiger partial charge < -0.3 is 20.0 Å². The van der Waals surface area contributed by atoms with Crippen LogP contribution in [0.5, 0.6) is 0 Å². The zero-order valence-electron chi connectivity index (χ0n) is 16.9. The highest BCUT2D eigenvalue weighted by molar-refractivity contribution is 8.02. The maximum Gasteiger partial charge on any atom is 0.308 e. The zero-order valence-corrected chi connectivity index (χ0v) is 17.7. The van der Waals surface area contributed by atoms with Crippen LogP contribution in [0.1, 0.15) is 34.1 Å². The first-order valence-corrected chi connectivity index (χ1v) is 10.6. The first kappa shape index (κ1) is 21.2. The Morgan fingerprint density at radius 2 is 2.07 bits per heavy atom. The number of hydrogen-bond donors (Lipinski definition) is 2. The number of aliphatic hydroxyl groups excluding tert-OH is 1. The van der Waals surface area contributed by atoms with Crippen molar-refractivity contribution in [1.29, 1.82) is 0 Å². The number of nitrogens with zero attached hydrogens (tertiary/aromatic N) is 2. The second-order valence-corrected chi connectivity index (χ2v) is 10.6. The van der Waals surface area contributed by atoms with E-state index in [0.717, 1.165) is 0 Å². The summed E-state index contributed by atoms with van der Waals surface area (Å²) in [7, 11) is 0. The Labute approximate surface area is 170 Å². The maximum atomic E-state index is 13.8. The molecule has 3 aliphatic rings. The summed E-state index contributed by atoms with van der Waals surface area (Å²) in [5.41, 5.74) is -0.482. The summed E-state index contributed by atoms with van der Waals surface area (Å²) < 4.78 is -0.762. The number of carboxylic acids is 1. The second-order valence-electron chi connectivity index (χ2n) is 9.05. The molecule has 3 aliphatic heterocycles. The second kappa shape index (κ2) is 7.06. The number of β-amino-alcohol motifs (C(OH)–C–C–N with tert-alkyl or cyclic N) is 1. The Kier molecular flexibility index (Phi) is 5.34. The highest BCUT2D eigenvalue weighted by Crippen LogP contribution is 2.68. The van der Waals surface area contributed by atoms with Crippen LogP contribution in [0.25, 0.3) is 0 Å². The van der Waals surface area contributed by atoms with Crippen molar-refractivity contribution in [1.82, 2.24) is 9.80 Å². The van der Waals surface area contributed by atoms with Crippen molar-refractivity contribution < 1.29 is 24.6 Å². The smallest absolute Gasteiger partial charge is 0.308 e. The number of carboxylic acid groups (broad SMARTS) is 1. The van der Waals surface area contributed by atoms with Gasteiger partial charge >= 0.3 is 5.97 Å². The lowest BCUT2D eigenvalue weighted by Gasteiger charge is -2.43. The Bertz CT molecular complexity index is 705. The molecule has 3 fully saturated rings. The Balaban J connectivity index is 2.12. The monoisotopic (exact) mass is 410 g/mol. The molecule has 0 saturated carbocycles. The van der Waals surface area contributed by atoms with Gasteiger partial charge in [0, 0.05) is 23.9 Å². The quantitative estimate of drug-likeness (QED) is 0.639. The van der Waals surface area contributed by atoms with E-state index in [1.165, 1.54) is 16.7 Å². The molecule has 3 rings (SSSR count). The first-order valence-electron chi connectivity index (χ1n) is 9.76. The predicted octanol–water partition coefficient (Wildman–Crippen LogP) is 1.21. The standard InChI is InChI=1S/C20H30N2O5S/c1-6-7-22(19(3,4)5)17(25)15-20-11(2)10-12(28-20)13(18(26)27)14(20)16(24)21(15)8-9-23/h6,11-15,23H,1,7-10H2,2-5H3,(H,26,27)/t11?,12-,13+,14-,15?,20?/m0/s1. The fourth-order valence-electron chi connectivity index (χ4n) is 5.40. The van der Waals surface area contributed by atoms with E-state index in [2.05, 4.69) is 6.58 Å². The van der Waals surface area contributed by atoms with Crippen LogP contribution < -0.4 is 0 Å². The summed E-state index contributed by atoms with van der Waals surface area (Å²) in [6.45, 7) is 11.7. The normalized spacial score (nSPS) is 36.5. The number of rotatable bonds is 6. The van der Waals surface area contributed by atoms with Gasteiger partial charge in [-0.25, -0.2) is 0 Å². The van der Waals surface area contributed by atoms with Gasteiger partial charge in [-0.2, -0.15) is 0 Å². The molecule has 3 saturated heterocycles. The molecule has 0 radical (unpaired) electrons. The van der Waals surface area contributed by atoms with Gasteiger partial charge in [-0.15, -0.1) is 18.3 Å². The molecule has 2 amide bonds. The summed E-state index contributed by atoms with van der Waals surface area (Å²) in [6, 6.07) is -0.773. The molecule has 2 N–H and O–H groups in total. The van der Waals surface area contributed by atoms with Crippen molar-refractivity contribution in [2.24, 2.45) is 17.8 Å².